The lowest BCUT2D eigenvalue weighted by Gasteiger charge is -2.11. The summed E-state index contributed by atoms with van der Waals surface area (Å²) in [4.78, 5) is 24.6. The van der Waals surface area contributed by atoms with E-state index < -0.39 is 0 Å². The minimum Gasteiger partial charge on any atom is -0.351 e. The summed E-state index contributed by atoms with van der Waals surface area (Å²) >= 11 is 9.25. The average Bonchev–Trinajstić information content (AvgIpc) is 2.32. The van der Waals surface area contributed by atoms with Gasteiger partial charge in [-0.2, -0.15) is 0 Å². The van der Waals surface area contributed by atoms with Crippen LogP contribution >= 0.6 is 27.5 Å². The van der Waals surface area contributed by atoms with Gasteiger partial charge >= 0.3 is 0 Å². The number of nitrogens with zero attached hydrogens (tertiary/aromatic N) is 1. The van der Waals surface area contributed by atoms with Gasteiger partial charge in [0.1, 0.15) is 0 Å². The molecule has 0 saturated heterocycles. The number of carbonyl (C=O) groups is 2. The van der Waals surface area contributed by atoms with E-state index in [1.54, 1.807) is 32.3 Å². The zero-order valence-corrected chi connectivity index (χ0v) is 12.5. The molecule has 98 valence electrons. The monoisotopic (exact) mass is 332 g/mol. The normalized spacial score (nSPS) is 10.0. The first kappa shape index (κ1) is 15.0. The summed E-state index contributed by atoms with van der Waals surface area (Å²) in [5, 5.41) is 3.03. The van der Waals surface area contributed by atoms with E-state index >= 15 is 0 Å². The Morgan fingerprint density at radius 3 is 2.67 bits per heavy atom. The Bertz CT molecular complexity index is 463. The molecule has 0 bridgehead atoms. The van der Waals surface area contributed by atoms with Crippen LogP contribution in [0.25, 0.3) is 0 Å². The predicted octanol–water partition coefficient (Wildman–Crippen LogP) is 2.31. The van der Waals surface area contributed by atoms with Crippen molar-refractivity contribution in [2.24, 2.45) is 0 Å². The summed E-state index contributed by atoms with van der Waals surface area (Å²) in [6.45, 7) is 0.290. The Hall–Kier alpha value is -1.07. The van der Waals surface area contributed by atoms with Crippen molar-refractivity contribution >= 4 is 39.3 Å². The molecule has 1 N–H and O–H groups in total. The van der Waals surface area contributed by atoms with Crippen LogP contribution in [0.3, 0.4) is 0 Å². The van der Waals surface area contributed by atoms with Crippen LogP contribution in [0.5, 0.6) is 0 Å². The lowest BCUT2D eigenvalue weighted by Crippen LogP contribution is -2.30. The molecule has 0 heterocycles. The molecule has 0 saturated carbocycles. The number of amides is 2. The van der Waals surface area contributed by atoms with Crippen LogP contribution < -0.4 is 5.32 Å². The number of nitrogens with one attached hydrogen (secondary N) is 1. The number of carbonyl (C=O) groups excluding carboxylic acids is 2. The second-order valence-electron chi connectivity index (χ2n) is 3.90. The number of hydrogen-bond donors (Lipinski definition) is 1. The van der Waals surface area contributed by atoms with Crippen molar-refractivity contribution in [2.45, 2.75) is 6.42 Å². The Morgan fingerprint density at radius 2 is 2.06 bits per heavy atom. The van der Waals surface area contributed by atoms with E-state index in [1.165, 1.54) is 4.90 Å². The Labute approximate surface area is 119 Å². The van der Waals surface area contributed by atoms with Crippen molar-refractivity contribution in [1.29, 1.82) is 0 Å². The zero-order valence-electron chi connectivity index (χ0n) is 10.2. The number of rotatable bonds is 4. The molecular weight excluding hydrogens is 320 g/mol. The highest BCUT2D eigenvalue weighted by Gasteiger charge is 2.12. The van der Waals surface area contributed by atoms with Crippen molar-refractivity contribution in [1.82, 2.24) is 10.2 Å². The van der Waals surface area contributed by atoms with Gasteiger partial charge in [0, 0.05) is 31.5 Å². The molecule has 4 nitrogen and oxygen atoms in total. The minimum atomic E-state index is -0.284. The summed E-state index contributed by atoms with van der Waals surface area (Å²) in [7, 11) is 3.35. The van der Waals surface area contributed by atoms with E-state index in [4.69, 9.17) is 11.6 Å². The van der Waals surface area contributed by atoms with Crippen LogP contribution in [-0.2, 0) is 4.79 Å². The molecule has 1 aromatic rings. The van der Waals surface area contributed by atoms with Gasteiger partial charge in [-0.1, -0.05) is 17.7 Å². The summed E-state index contributed by atoms with van der Waals surface area (Å²) in [6.07, 6.45) is 0.268. The van der Waals surface area contributed by atoms with Gasteiger partial charge in [-0.3, -0.25) is 9.59 Å². The summed E-state index contributed by atoms with van der Waals surface area (Å²) in [5.41, 5.74) is 0.392. The van der Waals surface area contributed by atoms with Gasteiger partial charge in [0.15, 0.2) is 0 Å². The third kappa shape index (κ3) is 3.99. The van der Waals surface area contributed by atoms with E-state index in [2.05, 4.69) is 21.2 Å². The van der Waals surface area contributed by atoms with E-state index in [9.17, 15) is 9.59 Å². The number of hydrogen-bond acceptors (Lipinski definition) is 2. The molecule has 0 fully saturated rings. The zero-order chi connectivity index (χ0) is 13.7. The maximum atomic E-state index is 11.8. The molecule has 0 unspecified atom stereocenters. The molecule has 0 radical (unpaired) electrons. The topological polar surface area (TPSA) is 49.4 Å². The van der Waals surface area contributed by atoms with Gasteiger partial charge in [0.2, 0.25) is 5.91 Å². The highest BCUT2D eigenvalue weighted by atomic mass is 79.9. The quantitative estimate of drug-likeness (QED) is 0.919. The van der Waals surface area contributed by atoms with Gasteiger partial charge < -0.3 is 10.2 Å². The maximum absolute atomic E-state index is 11.8. The minimum absolute atomic E-state index is 0.0318. The first-order valence-electron chi connectivity index (χ1n) is 5.36. The van der Waals surface area contributed by atoms with Crippen LogP contribution in [0, 0.1) is 0 Å². The second-order valence-corrected chi connectivity index (χ2v) is 5.13. The molecule has 0 aliphatic heterocycles. The fourth-order valence-corrected chi connectivity index (χ4v) is 1.86. The van der Waals surface area contributed by atoms with Gasteiger partial charge in [-0.25, -0.2) is 0 Å². The van der Waals surface area contributed by atoms with Crippen LogP contribution in [0.2, 0.25) is 5.02 Å². The largest absolute Gasteiger partial charge is 0.351 e. The van der Waals surface area contributed by atoms with Gasteiger partial charge in [-0.05, 0) is 28.1 Å². The summed E-state index contributed by atoms with van der Waals surface area (Å²) < 4.78 is 0.668. The van der Waals surface area contributed by atoms with Crippen LogP contribution in [0.4, 0.5) is 0 Å². The molecule has 2 amide bonds. The van der Waals surface area contributed by atoms with Crippen molar-refractivity contribution in [3.8, 4) is 0 Å². The van der Waals surface area contributed by atoms with E-state index in [0.29, 0.717) is 21.6 Å². The molecule has 0 spiro atoms. The number of halogens is 2. The number of benzene rings is 1. The third-order valence-electron chi connectivity index (χ3n) is 2.32. The first-order valence-corrected chi connectivity index (χ1v) is 6.53. The Balaban J connectivity index is 2.56. The van der Waals surface area contributed by atoms with Crippen molar-refractivity contribution < 1.29 is 9.59 Å². The molecule has 1 rings (SSSR count). The third-order valence-corrected chi connectivity index (χ3v) is 3.62. The van der Waals surface area contributed by atoms with Gasteiger partial charge in [0.05, 0.1) is 10.6 Å². The van der Waals surface area contributed by atoms with Crippen molar-refractivity contribution in [2.75, 3.05) is 20.6 Å². The van der Waals surface area contributed by atoms with Crippen LogP contribution in [0.15, 0.2) is 22.7 Å². The molecule has 6 heteroatoms. The molecule has 0 aliphatic rings. The Kier molecular flexibility index (Phi) is 5.62. The Morgan fingerprint density at radius 1 is 1.39 bits per heavy atom. The van der Waals surface area contributed by atoms with Gasteiger partial charge in [0.25, 0.3) is 5.91 Å². The standard InChI is InChI=1S/C12H14BrClN2O2/c1-16(2)10(17)6-7-15-12(18)8-4-3-5-9(13)11(8)14/h3-5H,6-7H2,1-2H3,(H,15,18). The van der Waals surface area contributed by atoms with Gasteiger partial charge in [-0.15, -0.1) is 0 Å². The molecule has 18 heavy (non-hydrogen) atoms. The molecule has 0 aliphatic carbocycles. The molecule has 1 aromatic carbocycles. The second kappa shape index (κ2) is 6.75. The smallest absolute Gasteiger partial charge is 0.252 e. The van der Waals surface area contributed by atoms with Crippen molar-refractivity contribution in [3.63, 3.8) is 0 Å². The highest BCUT2D eigenvalue weighted by molar-refractivity contribution is 9.10. The lowest BCUT2D eigenvalue weighted by molar-refractivity contribution is -0.128. The molecule has 0 atom stereocenters. The average molecular weight is 334 g/mol. The lowest BCUT2D eigenvalue weighted by atomic mass is 10.2. The van der Waals surface area contributed by atoms with E-state index in [0.717, 1.165) is 0 Å². The maximum Gasteiger partial charge on any atom is 0.252 e. The predicted molar refractivity (Wildman–Crippen MR) is 74.8 cm³/mol. The molecule has 0 aromatic heterocycles. The summed E-state index contributed by atoms with van der Waals surface area (Å²) in [5.74, 6) is -0.316. The fraction of sp³-hybridized carbons (Fsp3) is 0.333. The SMILES string of the molecule is CN(C)C(=O)CCNC(=O)c1cccc(Br)c1Cl. The van der Waals surface area contributed by atoms with Crippen LogP contribution in [0.1, 0.15) is 16.8 Å². The first-order chi connectivity index (χ1) is 8.43. The van der Waals surface area contributed by atoms with Crippen molar-refractivity contribution in [3.05, 3.63) is 33.3 Å². The van der Waals surface area contributed by atoms with E-state index in [-0.39, 0.29) is 18.2 Å². The highest BCUT2D eigenvalue weighted by Crippen LogP contribution is 2.25. The summed E-state index contributed by atoms with van der Waals surface area (Å²) in [6, 6.07) is 5.13. The fourth-order valence-electron chi connectivity index (χ4n) is 1.28. The van der Waals surface area contributed by atoms with E-state index in [1.807, 2.05) is 0 Å². The van der Waals surface area contributed by atoms with Crippen LogP contribution in [-0.4, -0.2) is 37.4 Å². The molecular formula is C12H14BrClN2O2.